The number of carboxylic acids is 1. The Morgan fingerprint density at radius 1 is 1.42 bits per heavy atom. The smallest absolute Gasteiger partial charge is 0.328 e. The molecule has 0 radical (unpaired) electrons. The monoisotopic (exact) mass is 327 g/mol. The van der Waals surface area contributed by atoms with E-state index in [4.69, 9.17) is 10.2 Å². The summed E-state index contributed by atoms with van der Waals surface area (Å²) in [6.45, 7) is 1.76. The molecule has 0 aliphatic carbocycles. The molecule has 4 rings (SSSR count). The highest BCUT2D eigenvalue weighted by Gasteiger charge is 2.24. The maximum absolute atomic E-state index is 11.4. The molecule has 4 heterocycles. The van der Waals surface area contributed by atoms with E-state index in [2.05, 4.69) is 20.2 Å². The third kappa shape index (κ3) is 1.93. The van der Waals surface area contributed by atoms with Crippen molar-refractivity contribution in [2.75, 3.05) is 5.73 Å². The second-order valence-corrected chi connectivity index (χ2v) is 5.21. The molecule has 1 atom stereocenters. The molecule has 0 aliphatic heterocycles. The first kappa shape index (κ1) is 14.2. The van der Waals surface area contributed by atoms with Crippen LogP contribution in [-0.4, -0.2) is 40.4 Å². The van der Waals surface area contributed by atoms with Crippen LogP contribution < -0.4 is 5.73 Å². The maximum Gasteiger partial charge on any atom is 0.328 e. The summed E-state index contributed by atoms with van der Waals surface area (Å²) in [5.74, 6) is -0.0417. The molecule has 10 nitrogen and oxygen atoms in total. The highest BCUT2D eigenvalue weighted by molar-refractivity contribution is 5.91. The van der Waals surface area contributed by atoms with E-state index in [0.29, 0.717) is 34.7 Å². The minimum absolute atomic E-state index is 0.0878. The van der Waals surface area contributed by atoms with Gasteiger partial charge in [-0.05, 0) is 18.6 Å². The lowest BCUT2D eigenvalue weighted by Gasteiger charge is -2.11. The molecule has 1 unspecified atom stereocenters. The number of fused-ring (bicyclic) bond motifs is 3. The van der Waals surface area contributed by atoms with Gasteiger partial charge in [0.2, 0.25) is 11.8 Å². The van der Waals surface area contributed by atoms with Gasteiger partial charge in [-0.3, -0.25) is 0 Å². The van der Waals surface area contributed by atoms with E-state index in [-0.39, 0.29) is 5.95 Å². The Bertz CT molecular complexity index is 1050. The number of hydrogen-bond acceptors (Lipinski definition) is 7. The van der Waals surface area contributed by atoms with Crippen molar-refractivity contribution >= 4 is 28.6 Å². The molecule has 0 fully saturated rings. The normalized spacial score (nSPS) is 12.9. The third-order valence-electron chi connectivity index (χ3n) is 3.76. The van der Waals surface area contributed by atoms with Crippen LogP contribution in [-0.2, 0) is 4.79 Å². The molecule has 0 spiro atoms. The highest BCUT2D eigenvalue weighted by atomic mass is 16.4. The van der Waals surface area contributed by atoms with Gasteiger partial charge >= 0.3 is 5.97 Å². The lowest BCUT2D eigenvalue weighted by molar-refractivity contribution is -0.141. The molecule has 10 heteroatoms. The van der Waals surface area contributed by atoms with Crippen molar-refractivity contribution in [1.29, 1.82) is 0 Å². The summed E-state index contributed by atoms with van der Waals surface area (Å²) in [7, 11) is 0. The van der Waals surface area contributed by atoms with Crippen LogP contribution in [0.3, 0.4) is 0 Å². The van der Waals surface area contributed by atoms with Gasteiger partial charge in [-0.2, -0.15) is 14.6 Å². The van der Waals surface area contributed by atoms with E-state index in [1.54, 1.807) is 19.1 Å². The van der Waals surface area contributed by atoms with Gasteiger partial charge in [-0.25, -0.2) is 14.5 Å². The minimum atomic E-state index is -0.986. The summed E-state index contributed by atoms with van der Waals surface area (Å²) >= 11 is 0. The Kier molecular flexibility index (Phi) is 2.98. The van der Waals surface area contributed by atoms with Gasteiger partial charge in [0.25, 0.3) is 0 Å². The fraction of sp³-hybridized carbons (Fsp3) is 0.214. The first-order valence-corrected chi connectivity index (χ1v) is 7.26. The van der Waals surface area contributed by atoms with Crippen LogP contribution in [0.15, 0.2) is 29.0 Å². The number of aromatic nitrogens is 6. The van der Waals surface area contributed by atoms with Gasteiger partial charge in [-0.1, -0.05) is 6.92 Å². The summed E-state index contributed by atoms with van der Waals surface area (Å²) in [5, 5.41) is 18.4. The first-order chi connectivity index (χ1) is 11.6. The van der Waals surface area contributed by atoms with Gasteiger partial charge in [0.15, 0.2) is 23.1 Å². The van der Waals surface area contributed by atoms with Gasteiger partial charge in [0.05, 0.1) is 17.8 Å². The van der Waals surface area contributed by atoms with E-state index in [1.165, 1.54) is 21.7 Å². The van der Waals surface area contributed by atoms with Crippen molar-refractivity contribution in [2.45, 2.75) is 19.4 Å². The molecule has 0 saturated carbocycles. The van der Waals surface area contributed by atoms with E-state index >= 15 is 0 Å². The Hall–Kier alpha value is -3.43. The highest BCUT2D eigenvalue weighted by Crippen LogP contribution is 2.25. The average molecular weight is 327 g/mol. The molecule has 122 valence electrons. The van der Waals surface area contributed by atoms with Crippen LogP contribution >= 0.6 is 0 Å². The summed E-state index contributed by atoms with van der Waals surface area (Å²) in [4.78, 5) is 20.1. The quantitative estimate of drug-likeness (QED) is 0.573. The fourth-order valence-corrected chi connectivity index (χ4v) is 2.62. The Morgan fingerprint density at radius 3 is 2.92 bits per heavy atom. The number of aliphatic carboxylic acids is 1. The van der Waals surface area contributed by atoms with E-state index in [0.717, 1.165) is 0 Å². The first-order valence-electron chi connectivity index (χ1n) is 7.26. The van der Waals surface area contributed by atoms with Gasteiger partial charge in [0.1, 0.15) is 0 Å². The van der Waals surface area contributed by atoms with Crippen LogP contribution in [0.25, 0.3) is 28.3 Å². The summed E-state index contributed by atoms with van der Waals surface area (Å²) in [6.07, 6.45) is 3.40. The Labute approximate surface area is 134 Å². The molecule has 0 amide bonds. The van der Waals surface area contributed by atoms with Crippen molar-refractivity contribution in [2.24, 2.45) is 0 Å². The number of nitrogens with zero attached hydrogens (tertiary/aromatic N) is 6. The molecular formula is C14H13N7O3. The van der Waals surface area contributed by atoms with Gasteiger partial charge in [0, 0.05) is 0 Å². The van der Waals surface area contributed by atoms with Crippen LogP contribution in [0.1, 0.15) is 19.4 Å². The van der Waals surface area contributed by atoms with Crippen molar-refractivity contribution in [1.82, 2.24) is 29.4 Å². The molecule has 24 heavy (non-hydrogen) atoms. The predicted molar refractivity (Wildman–Crippen MR) is 83.2 cm³/mol. The number of carbonyl (C=O) groups is 1. The van der Waals surface area contributed by atoms with Crippen LogP contribution in [0, 0.1) is 0 Å². The summed E-state index contributed by atoms with van der Waals surface area (Å²) in [6, 6.07) is 2.63. The molecule has 0 bridgehead atoms. The number of nitrogen functional groups attached to an aromatic ring is 1. The molecule has 0 aromatic carbocycles. The van der Waals surface area contributed by atoms with E-state index in [9.17, 15) is 9.90 Å². The number of rotatable bonds is 4. The van der Waals surface area contributed by atoms with Gasteiger partial charge < -0.3 is 15.3 Å². The van der Waals surface area contributed by atoms with Crippen LogP contribution in [0.5, 0.6) is 0 Å². The van der Waals surface area contributed by atoms with E-state index in [1.807, 2.05) is 0 Å². The zero-order valence-electron chi connectivity index (χ0n) is 12.6. The van der Waals surface area contributed by atoms with Crippen molar-refractivity contribution in [3.63, 3.8) is 0 Å². The minimum Gasteiger partial charge on any atom is -0.480 e. The standard InChI is InChI=1S/C14H13N7O3/c1-2-8(13(22)23)20-12-7(6-16-20)11-17-10(9-4-3-5-24-9)19-21(11)14(15)18-12/h3-6,8H,2H2,1H3,(H2,15,18)(H,22,23). The maximum atomic E-state index is 11.4. The largest absolute Gasteiger partial charge is 0.480 e. The summed E-state index contributed by atoms with van der Waals surface area (Å²) < 4.78 is 8.02. The zero-order chi connectivity index (χ0) is 16.8. The third-order valence-corrected chi connectivity index (χ3v) is 3.76. The number of nitrogens with two attached hydrogens (primary N) is 1. The molecule has 4 aromatic rings. The van der Waals surface area contributed by atoms with E-state index < -0.39 is 12.0 Å². The SMILES string of the molecule is CCC(C(=O)O)n1ncc2c1nc(N)n1nc(-c3ccco3)nc21. The second-order valence-electron chi connectivity index (χ2n) is 5.21. The molecule has 3 N–H and O–H groups in total. The van der Waals surface area contributed by atoms with Crippen molar-refractivity contribution < 1.29 is 14.3 Å². The summed E-state index contributed by atoms with van der Waals surface area (Å²) in [5.41, 5.74) is 6.76. The molecule has 4 aromatic heterocycles. The van der Waals surface area contributed by atoms with Crippen LogP contribution in [0.2, 0.25) is 0 Å². The number of hydrogen-bond donors (Lipinski definition) is 2. The second kappa shape index (κ2) is 5.05. The Morgan fingerprint density at radius 2 is 2.25 bits per heavy atom. The Balaban J connectivity index is 1.98. The molecule has 0 saturated heterocycles. The molecule has 0 aliphatic rings. The zero-order valence-corrected chi connectivity index (χ0v) is 12.6. The van der Waals surface area contributed by atoms with Crippen molar-refractivity contribution in [3.8, 4) is 11.6 Å². The lowest BCUT2D eigenvalue weighted by atomic mass is 10.2. The van der Waals surface area contributed by atoms with Crippen molar-refractivity contribution in [3.05, 3.63) is 24.6 Å². The number of furan rings is 1. The topological polar surface area (TPSA) is 137 Å². The predicted octanol–water partition coefficient (Wildman–Crippen LogP) is 1.35. The number of anilines is 1. The number of carboxylic acid groups (broad SMARTS) is 1. The van der Waals surface area contributed by atoms with Crippen LogP contribution in [0.4, 0.5) is 5.95 Å². The average Bonchev–Trinajstić information content (AvgIpc) is 3.26. The molecular weight excluding hydrogens is 314 g/mol. The fourth-order valence-electron chi connectivity index (χ4n) is 2.62. The lowest BCUT2D eigenvalue weighted by Crippen LogP contribution is -2.20. The van der Waals surface area contributed by atoms with Gasteiger partial charge in [-0.15, -0.1) is 5.10 Å².